The van der Waals surface area contributed by atoms with Crippen LogP contribution in [0.4, 0.5) is 0 Å². The highest BCUT2D eigenvalue weighted by Crippen LogP contribution is 1.97. The summed E-state index contributed by atoms with van der Waals surface area (Å²) in [6.07, 6.45) is 1.51. The predicted octanol–water partition coefficient (Wildman–Crippen LogP) is 1.50. The molecule has 0 aliphatic rings. The molecule has 1 rings (SSSR count). The van der Waals surface area contributed by atoms with E-state index in [1.165, 1.54) is 6.26 Å². The van der Waals surface area contributed by atoms with E-state index in [0.29, 0.717) is 5.89 Å². The van der Waals surface area contributed by atoms with Crippen LogP contribution < -0.4 is 0 Å². The number of nitrogens with zero attached hydrogens (tertiary/aromatic N) is 1. The number of aromatic nitrogens is 1. The molecule has 0 spiro atoms. The second-order valence-electron chi connectivity index (χ2n) is 1.54. The van der Waals surface area contributed by atoms with Gasteiger partial charge in [0.05, 0.1) is 5.69 Å². The average Bonchev–Trinajstić information content (AvgIpc) is 2.40. The summed E-state index contributed by atoms with van der Waals surface area (Å²) in [4.78, 5) is 3.81. The molecule has 58 valence electrons. The Hall–Kier alpha value is -0.830. The Balaban J connectivity index is 0.000000371. The molecule has 0 fully saturated rings. The fraction of sp³-hybridized carbons (Fsp3) is 0.571. The molecule has 1 aromatic rings. The summed E-state index contributed by atoms with van der Waals surface area (Å²) in [6, 6.07) is 0. The van der Waals surface area contributed by atoms with Crippen LogP contribution in [0.25, 0.3) is 0 Å². The van der Waals surface area contributed by atoms with Gasteiger partial charge in [-0.05, 0) is 6.92 Å². The molecule has 0 radical (unpaired) electrons. The zero-order valence-electron chi connectivity index (χ0n) is 6.59. The first-order chi connectivity index (χ1) is 4.83. The molecule has 0 aliphatic heterocycles. The first-order valence-corrected chi connectivity index (χ1v) is 3.35. The van der Waals surface area contributed by atoms with Gasteiger partial charge in [0.15, 0.2) is 0 Å². The third-order valence-electron chi connectivity index (χ3n) is 0.802. The Labute approximate surface area is 60.7 Å². The van der Waals surface area contributed by atoms with Crippen molar-refractivity contribution in [2.24, 2.45) is 0 Å². The minimum absolute atomic E-state index is 0.117. The molecule has 1 N–H and O–H groups in total. The number of aliphatic hydroxyl groups is 1. The molecule has 0 amide bonds. The normalized spacial score (nSPS) is 8.40. The highest BCUT2D eigenvalue weighted by atomic mass is 16.4. The molecule has 3 heteroatoms. The van der Waals surface area contributed by atoms with Gasteiger partial charge >= 0.3 is 0 Å². The number of aryl methyl sites for hydroxylation is 1. The molecule has 0 saturated heterocycles. The van der Waals surface area contributed by atoms with Crippen molar-refractivity contribution >= 4 is 0 Å². The minimum atomic E-state index is -0.117. The van der Waals surface area contributed by atoms with E-state index in [1.54, 1.807) is 0 Å². The predicted molar refractivity (Wildman–Crippen MR) is 38.5 cm³/mol. The maximum Gasteiger partial charge on any atom is 0.219 e. The van der Waals surface area contributed by atoms with Gasteiger partial charge in [-0.3, -0.25) is 0 Å². The summed E-state index contributed by atoms with van der Waals surface area (Å²) in [6.45, 7) is 5.69. The standard InChI is InChI=1S/C5H7NO2.C2H6/c1-4-3-8-5(2-7)6-4;1-2/h3,7H,2H2,1H3;1-2H3. The van der Waals surface area contributed by atoms with Gasteiger partial charge in [-0.15, -0.1) is 0 Å². The zero-order chi connectivity index (χ0) is 7.98. The number of hydrogen-bond donors (Lipinski definition) is 1. The maximum absolute atomic E-state index is 8.39. The third kappa shape index (κ3) is 2.64. The first-order valence-electron chi connectivity index (χ1n) is 3.35. The van der Waals surface area contributed by atoms with Crippen LogP contribution in [0.2, 0.25) is 0 Å². The van der Waals surface area contributed by atoms with E-state index in [0.717, 1.165) is 5.69 Å². The van der Waals surface area contributed by atoms with Gasteiger partial charge in [0.1, 0.15) is 12.9 Å². The van der Waals surface area contributed by atoms with Gasteiger partial charge in [-0.25, -0.2) is 4.98 Å². The Morgan fingerprint density at radius 3 is 2.40 bits per heavy atom. The summed E-state index contributed by atoms with van der Waals surface area (Å²) >= 11 is 0. The van der Waals surface area contributed by atoms with Gasteiger partial charge < -0.3 is 9.52 Å². The Morgan fingerprint density at radius 2 is 2.20 bits per heavy atom. The molecule has 1 heterocycles. The monoisotopic (exact) mass is 143 g/mol. The molecule has 0 atom stereocenters. The number of aliphatic hydroxyl groups excluding tert-OH is 1. The van der Waals surface area contributed by atoms with E-state index >= 15 is 0 Å². The molecule has 0 aliphatic carbocycles. The molecular formula is C7H13NO2. The lowest BCUT2D eigenvalue weighted by atomic mass is 10.6. The summed E-state index contributed by atoms with van der Waals surface area (Å²) < 4.78 is 4.75. The molecular weight excluding hydrogens is 130 g/mol. The number of rotatable bonds is 1. The lowest BCUT2D eigenvalue weighted by Crippen LogP contribution is -1.80. The van der Waals surface area contributed by atoms with Crippen molar-refractivity contribution in [1.29, 1.82) is 0 Å². The maximum atomic E-state index is 8.39. The molecule has 0 aromatic carbocycles. The van der Waals surface area contributed by atoms with E-state index in [9.17, 15) is 0 Å². The van der Waals surface area contributed by atoms with E-state index in [1.807, 2.05) is 20.8 Å². The molecule has 10 heavy (non-hydrogen) atoms. The van der Waals surface area contributed by atoms with Crippen LogP contribution in [-0.2, 0) is 6.61 Å². The Kier molecular flexibility index (Phi) is 4.58. The van der Waals surface area contributed by atoms with E-state index < -0.39 is 0 Å². The van der Waals surface area contributed by atoms with Crippen LogP contribution >= 0.6 is 0 Å². The fourth-order valence-corrected chi connectivity index (χ4v) is 0.475. The van der Waals surface area contributed by atoms with Crippen molar-refractivity contribution in [1.82, 2.24) is 4.98 Å². The van der Waals surface area contributed by atoms with Crippen molar-refractivity contribution in [3.8, 4) is 0 Å². The van der Waals surface area contributed by atoms with Crippen molar-refractivity contribution in [3.63, 3.8) is 0 Å². The van der Waals surface area contributed by atoms with Crippen LogP contribution in [0.5, 0.6) is 0 Å². The van der Waals surface area contributed by atoms with E-state index in [-0.39, 0.29) is 6.61 Å². The Bertz CT molecular complexity index is 172. The van der Waals surface area contributed by atoms with Crippen LogP contribution in [0, 0.1) is 6.92 Å². The summed E-state index contributed by atoms with van der Waals surface area (Å²) in [5, 5.41) is 8.39. The molecule has 1 aromatic heterocycles. The lowest BCUT2D eigenvalue weighted by Gasteiger charge is -1.78. The highest BCUT2D eigenvalue weighted by Gasteiger charge is 1.94. The lowest BCUT2D eigenvalue weighted by molar-refractivity contribution is 0.240. The van der Waals surface area contributed by atoms with Crippen molar-refractivity contribution in [3.05, 3.63) is 17.8 Å². The quantitative estimate of drug-likeness (QED) is 0.648. The van der Waals surface area contributed by atoms with Crippen molar-refractivity contribution in [2.75, 3.05) is 0 Å². The largest absolute Gasteiger partial charge is 0.446 e. The summed E-state index contributed by atoms with van der Waals surface area (Å²) in [5.74, 6) is 0.377. The van der Waals surface area contributed by atoms with Gasteiger partial charge in [0, 0.05) is 0 Å². The van der Waals surface area contributed by atoms with Crippen LogP contribution in [0.1, 0.15) is 25.4 Å². The van der Waals surface area contributed by atoms with Gasteiger partial charge in [-0.2, -0.15) is 0 Å². The summed E-state index contributed by atoms with van der Waals surface area (Å²) in [5.41, 5.74) is 0.800. The molecule has 0 unspecified atom stereocenters. The summed E-state index contributed by atoms with van der Waals surface area (Å²) in [7, 11) is 0. The second-order valence-corrected chi connectivity index (χ2v) is 1.54. The zero-order valence-corrected chi connectivity index (χ0v) is 6.59. The first kappa shape index (κ1) is 9.17. The van der Waals surface area contributed by atoms with Crippen molar-refractivity contribution in [2.45, 2.75) is 27.4 Å². The van der Waals surface area contributed by atoms with Crippen LogP contribution in [0.3, 0.4) is 0 Å². The smallest absolute Gasteiger partial charge is 0.219 e. The molecule has 0 bridgehead atoms. The van der Waals surface area contributed by atoms with Crippen LogP contribution in [0.15, 0.2) is 10.7 Å². The van der Waals surface area contributed by atoms with Gasteiger partial charge in [-0.1, -0.05) is 13.8 Å². The number of oxazole rings is 1. The molecule has 0 saturated carbocycles. The van der Waals surface area contributed by atoms with Crippen molar-refractivity contribution < 1.29 is 9.52 Å². The minimum Gasteiger partial charge on any atom is -0.446 e. The van der Waals surface area contributed by atoms with E-state index in [2.05, 4.69) is 4.98 Å². The number of hydrogen-bond acceptors (Lipinski definition) is 3. The topological polar surface area (TPSA) is 46.3 Å². The van der Waals surface area contributed by atoms with Crippen LogP contribution in [-0.4, -0.2) is 10.1 Å². The second kappa shape index (κ2) is 4.99. The fourth-order valence-electron chi connectivity index (χ4n) is 0.475. The Morgan fingerprint density at radius 1 is 1.60 bits per heavy atom. The highest BCUT2D eigenvalue weighted by molar-refractivity contribution is 4.90. The molecule has 3 nitrogen and oxygen atoms in total. The van der Waals surface area contributed by atoms with Gasteiger partial charge in [0.2, 0.25) is 5.89 Å². The SMILES string of the molecule is CC.Cc1coc(CO)n1. The third-order valence-corrected chi connectivity index (χ3v) is 0.802. The van der Waals surface area contributed by atoms with E-state index in [4.69, 9.17) is 9.52 Å². The van der Waals surface area contributed by atoms with Gasteiger partial charge in [0.25, 0.3) is 0 Å². The average molecular weight is 143 g/mol.